The Hall–Kier alpha value is -2.78. The van der Waals surface area contributed by atoms with Crippen LogP contribution < -0.4 is 4.74 Å². The van der Waals surface area contributed by atoms with Gasteiger partial charge < -0.3 is 14.4 Å². The number of carbonyl (C=O) groups excluding carboxylic acids is 2. The maximum absolute atomic E-state index is 13.8. The van der Waals surface area contributed by atoms with E-state index in [1.807, 2.05) is 20.8 Å². The fourth-order valence-electron chi connectivity index (χ4n) is 4.31. The summed E-state index contributed by atoms with van der Waals surface area (Å²) in [6, 6.07) is 8.38. The first-order valence-electron chi connectivity index (χ1n) is 11.9. The van der Waals surface area contributed by atoms with Crippen LogP contribution in [0.15, 0.2) is 40.9 Å². The second-order valence-corrected chi connectivity index (χ2v) is 10.7. The molecule has 1 saturated heterocycles. The quantitative estimate of drug-likeness (QED) is 0.426. The number of benzene rings is 2. The fraction of sp³-hybridized carbons (Fsp3) is 0.407. The number of fused-ring (bicyclic) bond motifs is 1. The van der Waals surface area contributed by atoms with Crippen molar-refractivity contribution < 1.29 is 27.8 Å². The van der Waals surface area contributed by atoms with E-state index in [9.17, 15) is 18.4 Å². The van der Waals surface area contributed by atoms with Crippen LogP contribution >= 0.6 is 15.9 Å². The average molecular weight is 563 g/mol. The molecule has 192 valence electrons. The van der Waals surface area contributed by atoms with Gasteiger partial charge in [-0.3, -0.25) is 9.69 Å². The summed E-state index contributed by atoms with van der Waals surface area (Å²) in [6.07, 6.45) is 0.510. The van der Waals surface area contributed by atoms with Crippen LogP contribution in [-0.4, -0.2) is 66.6 Å². The average Bonchev–Trinajstić information content (AvgIpc) is 3.05. The minimum absolute atomic E-state index is 0.252. The lowest BCUT2D eigenvalue weighted by Crippen LogP contribution is -2.50. The molecule has 2 aromatic rings. The van der Waals surface area contributed by atoms with Crippen LogP contribution in [-0.2, 0) is 4.74 Å². The predicted octanol–water partition coefficient (Wildman–Crippen LogP) is 5.64. The SMILES string of the molecule is CC(C)(C)OC(=O)N1CCN(CCCOc2ccc3c(c2)C(=O)C(Br)=C3c2cc(F)cc(F)c2)CC1. The van der Waals surface area contributed by atoms with E-state index in [0.717, 1.165) is 32.1 Å². The van der Waals surface area contributed by atoms with Gasteiger partial charge in [-0.1, -0.05) is 0 Å². The van der Waals surface area contributed by atoms with Crippen molar-refractivity contribution in [2.24, 2.45) is 0 Å². The molecule has 1 fully saturated rings. The Bertz CT molecular complexity index is 1180. The molecule has 36 heavy (non-hydrogen) atoms. The van der Waals surface area contributed by atoms with Gasteiger partial charge in [-0.2, -0.15) is 0 Å². The lowest BCUT2D eigenvalue weighted by atomic mass is 9.99. The molecular weight excluding hydrogens is 534 g/mol. The molecule has 1 aliphatic carbocycles. The zero-order valence-corrected chi connectivity index (χ0v) is 22.2. The van der Waals surface area contributed by atoms with Crippen LogP contribution in [0.1, 0.15) is 48.7 Å². The Morgan fingerprint density at radius 3 is 2.31 bits per heavy atom. The Labute approximate surface area is 218 Å². The van der Waals surface area contributed by atoms with Crippen LogP contribution in [0.3, 0.4) is 0 Å². The van der Waals surface area contributed by atoms with Gasteiger partial charge in [0.2, 0.25) is 5.78 Å². The third kappa shape index (κ3) is 6.13. The molecule has 9 heteroatoms. The van der Waals surface area contributed by atoms with Gasteiger partial charge in [0.15, 0.2) is 0 Å². The topological polar surface area (TPSA) is 59.1 Å². The Morgan fingerprint density at radius 2 is 1.67 bits per heavy atom. The monoisotopic (exact) mass is 562 g/mol. The molecule has 1 amide bonds. The summed E-state index contributed by atoms with van der Waals surface area (Å²) in [5.74, 6) is -1.10. The first-order chi connectivity index (χ1) is 17.0. The molecule has 0 N–H and O–H groups in total. The Balaban J connectivity index is 1.29. The van der Waals surface area contributed by atoms with Crippen LogP contribution in [0.4, 0.5) is 13.6 Å². The van der Waals surface area contributed by atoms with Crippen LogP contribution in [0.2, 0.25) is 0 Å². The highest BCUT2D eigenvalue weighted by Crippen LogP contribution is 2.41. The normalized spacial score (nSPS) is 16.4. The summed E-state index contributed by atoms with van der Waals surface area (Å²) in [7, 11) is 0. The highest BCUT2D eigenvalue weighted by atomic mass is 79.9. The van der Waals surface area contributed by atoms with E-state index in [0.29, 0.717) is 47.7 Å². The number of ketones is 1. The minimum atomic E-state index is -0.704. The maximum atomic E-state index is 13.8. The molecular formula is C27H29BrF2N2O4. The van der Waals surface area contributed by atoms with Crippen molar-refractivity contribution in [3.05, 3.63) is 69.2 Å². The maximum Gasteiger partial charge on any atom is 0.410 e. The molecule has 2 aliphatic rings. The Kier molecular flexibility index (Phi) is 7.80. The molecule has 4 rings (SSSR count). The second-order valence-electron chi connectivity index (χ2n) is 9.89. The number of hydrogen-bond acceptors (Lipinski definition) is 5. The zero-order valence-electron chi connectivity index (χ0n) is 20.6. The van der Waals surface area contributed by atoms with Gasteiger partial charge >= 0.3 is 6.09 Å². The molecule has 1 heterocycles. The molecule has 0 unspecified atom stereocenters. The smallest absolute Gasteiger partial charge is 0.410 e. The molecule has 1 aliphatic heterocycles. The highest BCUT2D eigenvalue weighted by molar-refractivity contribution is 9.12. The van der Waals surface area contributed by atoms with Gasteiger partial charge in [-0.25, -0.2) is 13.6 Å². The second kappa shape index (κ2) is 10.7. The van der Waals surface area contributed by atoms with Crippen molar-refractivity contribution in [3.63, 3.8) is 0 Å². The molecule has 0 radical (unpaired) electrons. The van der Waals surface area contributed by atoms with E-state index in [-0.39, 0.29) is 16.4 Å². The Morgan fingerprint density at radius 1 is 1.00 bits per heavy atom. The molecule has 0 spiro atoms. The lowest BCUT2D eigenvalue weighted by Gasteiger charge is -2.35. The minimum Gasteiger partial charge on any atom is -0.494 e. The summed E-state index contributed by atoms with van der Waals surface area (Å²) in [5, 5.41) is 0. The molecule has 2 aromatic carbocycles. The number of piperazine rings is 1. The van der Waals surface area contributed by atoms with Crippen molar-refractivity contribution in [3.8, 4) is 5.75 Å². The summed E-state index contributed by atoms with van der Waals surface area (Å²) in [4.78, 5) is 29.0. The first-order valence-corrected chi connectivity index (χ1v) is 12.7. The van der Waals surface area contributed by atoms with Crippen LogP contribution in [0.5, 0.6) is 5.75 Å². The number of Topliss-reactive ketones (excluding diaryl/α,β-unsaturated/α-hetero) is 1. The third-order valence-corrected chi connectivity index (χ3v) is 6.74. The number of hydrogen-bond donors (Lipinski definition) is 0. The van der Waals surface area contributed by atoms with Crippen molar-refractivity contribution in [1.82, 2.24) is 9.80 Å². The molecule has 0 bridgehead atoms. The van der Waals surface area contributed by atoms with Crippen molar-refractivity contribution in [1.29, 1.82) is 0 Å². The number of halogens is 3. The standard InChI is InChI=1S/C27H29BrF2N2O4/c1-27(2,3)36-26(34)32-10-8-31(9-11-32)7-4-12-35-20-5-6-21-22(16-20)25(33)24(28)23(21)17-13-18(29)15-19(30)14-17/h5-6,13-16H,4,7-12H2,1-3H3. The van der Waals surface area contributed by atoms with E-state index in [1.165, 1.54) is 12.1 Å². The third-order valence-electron chi connectivity index (χ3n) is 5.99. The van der Waals surface area contributed by atoms with Crippen LogP contribution in [0, 0.1) is 11.6 Å². The number of allylic oxidation sites excluding steroid dienone is 1. The molecule has 0 saturated carbocycles. The number of ether oxygens (including phenoxy) is 2. The highest BCUT2D eigenvalue weighted by Gasteiger charge is 2.30. The zero-order chi connectivity index (χ0) is 26.0. The first kappa shape index (κ1) is 26.3. The van der Waals surface area contributed by atoms with Gasteiger partial charge in [0.1, 0.15) is 23.0 Å². The van der Waals surface area contributed by atoms with Gasteiger partial charge in [-0.15, -0.1) is 0 Å². The van der Waals surface area contributed by atoms with Crippen molar-refractivity contribution in [2.75, 3.05) is 39.3 Å². The van der Waals surface area contributed by atoms with E-state index < -0.39 is 17.2 Å². The molecule has 6 nitrogen and oxygen atoms in total. The summed E-state index contributed by atoms with van der Waals surface area (Å²) >= 11 is 3.30. The van der Waals surface area contributed by atoms with E-state index in [2.05, 4.69) is 20.8 Å². The van der Waals surface area contributed by atoms with Gasteiger partial charge in [0.25, 0.3) is 0 Å². The van der Waals surface area contributed by atoms with Gasteiger partial charge in [0, 0.05) is 49.9 Å². The van der Waals surface area contributed by atoms with E-state index >= 15 is 0 Å². The number of rotatable bonds is 6. The summed E-state index contributed by atoms with van der Waals surface area (Å²) in [5.41, 5.74) is 1.29. The fourth-order valence-corrected chi connectivity index (χ4v) is 4.96. The largest absolute Gasteiger partial charge is 0.494 e. The number of carbonyl (C=O) groups is 2. The summed E-state index contributed by atoms with van der Waals surface area (Å²) in [6.45, 7) is 9.67. The number of amides is 1. The molecule has 0 aromatic heterocycles. The van der Waals surface area contributed by atoms with Crippen molar-refractivity contribution in [2.45, 2.75) is 32.8 Å². The number of nitrogens with zero attached hydrogens (tertiary/aromatic N) is 2. The van der Waals surface area contributed by atoms with E-state index in [4.69, 9.17) is 9.47 Å². The lowest BCUT2D eigenvalue weighted by molar-refractivity contribution is 0.0142. The predicted molar refractivity (Wildman–Crippen MR) is 136 cm³/mol. The van der Waals surface area contributed by atoms with Gasteiger partial charge in [0.05, 0.1) is 11.1 Å². The van der Waals surface area contributed by atoms with Crippen molar-refractivity contribution >= 4 is 33.4 Å². The summed E-state index contributed by atoms with van der Waals surface area (Å²) < 4.78 is 39.1. The van der Waals surface area contributed by atoms with E-state index in [1.54, 1.807) is 23.1 Å². The van der Waals surface area contributed by atoms with Gasteiger partial charge in [-0.05, 0) is 84.6 Å². The van der Waals surface area contributed by atoms with Crippen LogP contribution in [0.25, 0.3) is 5.57 Å². The molecule has 0 atom stereocenters.